The fourth-order valence-corrected chi connectivity index (χ4v) is 0.877. The van der Waals surface area contributed by atoms with Gasteiger partial charge in [0.05, 0.1) is 6.61 Å². The van der Waals surface area contributed by atoms with Crippen molar-refractivity contribution in [3.63, 3.8) is 0 Å². The van der Waals surface area contributed by atoms with Gasteiger partial charge in [-0.1, -0.05) is 5.16 Å². The molecule has 0 radical (unpaired) electrons. The monoisotopic (exact) mass is 248 g/mol. The molecule has 0 saturated heterocycles. The van der Waals surface area contributed by atoms with Gasteiger partial charge in [0.2, 0.25) is 0 Å². The van der Waals surface area contributed by atoms with Gasteiger partial charge in [0, 0.05) is 7.05 Å². The molecule has 0 aliphatic heterocycles. The summed E-state index contributed by atoms with van der Waals surface area (Å²) in [4.78, 5) is 26.7. The summed E-state index contributed by atoms with van der Waals surface area (Å²) in [6.07, 6.45) is -0.837. The molecule has 0 fully saturated rings. The number of amides is 1. The highest BCUT2D eigenvalue weighted by molar-refractivity contribution is 6.06. The lowest BCUT2D eigenvalue weighted by Crippen LogP contribution is -2.37. The van der Waals surface area contributed by atoms with E-state index in [9.17, 15) is 14.0 Å². The highest BCUT2D eigenvalue weighted by atomic mass is 19.1. The first-order chi connectivity index (χ1) is 7.89. The lowest BCUT2D eigenvalue weighted by atomic mass is 9.88. The fourth-order valence-electron chi connectivity index (χ4n) is 0.877. The van der Waals surface area contributed by atoms with Crippen LogP contribution >= 0.6 is 0 Å². The van der Waals surface area contributed by atoms with E-state index in [2.05, 4.69) is 15.3 Å². The van der Waals surface area contributed by atoms with E-state index in [1.165, 1.54) is 20.9 Å². The van der Waals surface area contributed by atoms with Crippen molar-refractivity contribution >= 4 is 17.8 Å². The Balaban J connectivity index is 4.84. The molecule has 1 N–H and O–H groups in total. The zero-order valence-electron chi connectivity index (χ0n) is 10.4. The second-order valence-corrected chi connectivity index (χ2v) is 3.65. The first-order valence-electron chi connectivity index (χ1n) is 5.09. The summed E-state index contributed by atoms with van der Waals surface area (Å²) >= 11 is 0. The minimum atomic E-state index is -1.28. The molecule has 0 atom stereocenters. The Bertz CT molecular complexity index is 315. The van der Waals surface area contributed by atoms with Gasteiger partial charge < -0.3 is 10.1 Å². The van der Waals surface area contributed by atoms with Crippen molar-refractivity contribution in [2.45, 2.75) is 20.8 Å². The average Bonchev–Trinajstić information content (AvgIpc) is 2.29. The quantitative estimate of drug-likeness (QED) is 0.344. The minimum absolute atomic E-state index is 0.179. The molecule has 0 aromatic carbocycles. The van der Waals surface area contributed by atoms with E-state index in [0.29, 0.717) is 0 Å². The van der Waals surface area contributed by atoms with Gasteiger partial charge in [0.15, 0.2) is 0 Å². The van der Waals surface area contributed by atoms with Gasteiger partial charge in [-0.25, -0.2) is 9.18 Å². The summed E-state index contributed by atoms with van der Waals surface area (Å²) in [5.41, 5.74) is -1.49. The highest BCUT2D eigenvalue weighted by Crippen LogP contribution is 2.20. The Hall–Kier alpha value is -1.66. The third-order valence-corrected chi connectivity index (χ3v) is 2.08. The molecule has 0 bridgehead atoms. The Labute approximate surface area is 99.1 Å². The van der Waals surface area contributed by atoms with E-state index in [0.717, 1.165) is 0 Å². The summed E-state index contributed by atoms with van der Waals surface area (Å²) in [6, 6.07) is 0. The maximum atomic E-state index is 12.8. The van der Waals surface area contributed by atoms with Crippen LogP contribution in [0.25, 0.3) is 0 Å². The number of oxime groups is 1. The zero-order chi connectivity index (χ0) is 13.5. The molecule has 0 saturated carbocycles. The van der Waals surface area contributed by atoms with Gasteiger partial charge in [-0.2, -0.15) is 0 Å². The van der Waals surface area contributed by atoms with E-state index in [1.807, 2.05) is 0 Å². The lowest BCUT2D eigenvalue weighted by molar-refractivity contribution is -0.149. The number of ether oxygens (including phenoxy) is 1. The number of hydrogen-bond donors (Lipinski definition) is 1. The fraction of sp³-hybridized carbons (Fsp3) is 0.700. The average molecular weight is 248 g/mol. The van der Waals surface area contributed by atoms with Crippen LogP contribution < -0.4 is 5.32 Å². The van der Waals surface area contributed by atoms with E-state index < -0.39 is 24.2 Å². The van der Waals surface area contributed by atoms with Crippen molar-refractivity contribution in [1.29, 1.82) is 0 Å². The number of halogens is 1. The van der Waals surface area contributed by atoms with Crippen LogP contribution in [-0.4, -0.2) is 38.1 Å². The second kappa shape index (κ2) is 6.82. The number of carbonyl (C=O) groups is 2. The first kappa shape index (κ1) is 15.3. The normalized spacial score (nSPS) is 11.9. The van der Waals surface area contributed by atoms with Gasteiger partial charge in [0.1, 0.15) is 17.8 Å². The second-order valence-electron chi connectivity index (χ2n) is 3.65. The molecule has 0 aromatic rings. The van der Waals surface area contributed by atoms with Crippen LogP contribution in [0.1, 0.15) is 20.8 Å². The predicted octanol–water partition coefficient (Wildman–Crippen LogP) is 1.26. The summed E-state index contributed by atoms with van der Waals surface area (Å²) in [6.45, 7) is 3.69. The van der Waals surface area contributed by atoms with Crippen LogP contribution in [0, 0.1) is 5.41 Å². The van der Waals surface area contributed by atoms with Gasteiger partial charge in [0.25, 0.3) is 0 Å². The van der Waals surface area contributed by atoms with Crippen molar-refractivity contribution < 1.29 is 23.6 Å². The van der Waals surface area contributed by atoms with Gasteiger partial charge in [-0.15, -0.1) is 0 Å². The lowest BCUT2D eigenvalue weighted by Gasteiger charge is -2.21. The highest BCUT2D eigenvalue weighted by Gasteiger charge is 2.36. The number of nitrogens with zero attached hydrogens (tertiary/aromatic N) is 1. The number of esters is 1. The third kappa shape index (κ3) is 4.38. The van der Waals surface area contributed by atoms with E-state index in [4.69, 9.17) is 4.74 Å². The van der Waals surface area contributed by atoms with Crippen LogP contribution in [0.2, 0.25) is 0 Å². The maximum Gasteiger partial charge on any atom is 0.433 e. The van der Waals surface area contributed by atoms with Gasteiger partial charge >= 0.3 is 12.1 Å². The Morgan fingerprint density at radius 3 is 2.41 bits per heavy atom. The number of hydrogen-bond acceptors (Lipinski definition) is 5. The summed E-state index contributed by atoms with van der Waals surface area (Å²) in [7, 11) is 1.34. The van der Waals surface area contributed by atoms with Crippen LogP contribution in [0.3, 0.4) is 0 Å². The van der Waals surface area contributed by atoms with E-state index in [-0.39, 0.29) is 12.3 Å². The smallest absolute Gasteiger partial charge is 0.433 e. The zero-order valence-corrected chi connectivity index (χ0v) is 10.4. The number of nitrogens with one attached hydrogen (secondary N) is 1. The molecule has 0 rings (SSSR count). The topological polar surface area (TPSA) is 77.0 Å². The molecule has 6 nitrogen and oxygen atoms in total. The Morgan fingerprint density at radius 1 is 1.41 bits per heavy atom. The van der Waals surface area contributed by atoms with E-state index >= 15 is 0 Å². The largest absolute Gasteiger partial charge is 0.465 e. The van der Waals surface area contributed by atoms with Crippen LogP contribution in [0.4, 0.5) is 9.18 Å². The molecule has 0 aromatic heterocycles. The van der Waals surface area contributed by atoms with Gasteiger partial charge in [-0.05, 0) is 20.8 Å². The standard InChI is InChI=1S/C10H17FN2O4/c1-5-16-8(14)10(2,3)7(6-11)13-17-9(15)12-4/h5-6H2,1-4H3,(H,12,15). The Kier molecular flexibility index (Phi) is 6.16. The minimum Gasteiger partial charge on any atom is -0.465 e. The number of carbonyl (C=O) groups excluding carboxylic acids is 2. The third-order valence-electron chi connectivity index (χ3n) is 2.08. The Morgan fingerprint density at radius 2 is 2.00 bits per heavy atom. The molecule has 98 valence electrons. The van der Waals surface area contributed by atoms with Crippen molar-refractivity contribution in [3.8, 4) is 0 Å². The first-order valence-corrected chi connectivity index (χ1v) is 5.09. The molecule has 0 aliphatic carbocycles. The molecular weight excluding hydrogens is 231 g/mol. The molecule has 0 spiro atoms. The maximum absolute atomic E-state index is 12.8. The SMILES string of the molecule is CCOC(=O)C(C)(C)C(CF)=NOC(=O)NC. The van der Waals surface area contributed by atoms with Gasteiger partial charge in [-0.3, -0.25) is 9.63 Å². The molecule has 17 heavy (non-hydrogen) atoms. The summed E-state index contributed by atoms with van der Waals surface area (Å²) in [5.74, 6) is -0.628. The number of alkyl halides is 1. The van der Waals surface area contributed by atoms with Crippen LogP contribution in [0.15, 0.2) is 5.16 Å². The molecule has 7 heteroatoms. The molecule has 0 unspecified atom stereocenters. The summed E-state index contributed by atoms with van der Waals surface area (Å²) < 4.78 is 17.5. The molecule has 0 heterocycles. The predicted molar refractivity (Wildman–Crippen MR) is 59.4 cm³/mol. The van der Waals surface area contributed by atoms with Crippen LogP contribution in [-0.2, 0) is 14.4 Å². The molecular formula is C10H17FN2O4. The van der Waals surface area contributed by atoms with Crippen molar-refractivity contribution in [3.05, 3.63) is 0 Å². The van der Waals surface area contributed by atoms with Crippen molar-refractivity contribution in [2.24, 2.45) is 10.6 Å². The van der Waals surface area contributed by atoms with E-state index in [1.54, 1.807) is 6.92 Å². The van der Waals surface area contributed by atoms with Crippen molar-refractivity contribution in [1.82, 2.24) is 5.32 Å². The molecule has 0 aliphatic rings. The van der Waals surface area contributed by atoms with Crippen LogP contribution in [0.5, 0.6) is 0 Å². The summed E-state index contributed by atoms with van der Waals surface area (Å²) in [5, 5.41) is 5.46. The molecule has 1 amide bonds. The van der Waals surface area contributed by atoms with Crippen molar-refractivity contribution in [2.75, 3.05) is 20.3 Å². The number of rotatable bonds is 5.